The molecule has 0 aliphatic rings. The third-order valence-electron chi connectivity index (χ3n) is 3.07. The van der Waals surface area contributed by atoms with E-state index in [4.69, 9.17) is 9.84 Å². The molecule has 7 nitrogen and oxygen atoms in total. The quantitative estimate of drug-likeness (QED) is 0.630. The van der Waals surface area contributed by atoms with E-state index in [0.29, 0.717) is 18.6 Å². The maximum absolute atomic E-state index is 12.1. The molecule has 1 amide bonds. The van der Waals surface area contributed by atoms with E-state index in [0.717, 1.165) is 0 Å². The summed E-state index contributed by atoms with van der Waals surface area (Å²) >= 11 is 0. The summed E-state index contributed by atoms with van der Waals surface area (Å²) in [6.07, 6.45) is -0.0712. The van der Waals surface area contributed by atoms with Gasteiger partial charge in [-0.2, -0.15) is 0 Å². The average Bonchev–Trinajstić information content (AvgIpc) is 2.42. The Morgan fingerprint density at radius 1 is 1.36 bits per heavy atom. The largest absolute Gasteiger partial charge is 0.497 e. The van der Waals surface area contributed by atoms with Crippen LogP contribution in [0.1, 0.15) is 26.7 Å². The van der Waals surface area contributed by atoms with Gasteiger partial charge < -0.3 is 15.2 Å². The predicted octanol–water partition coefficient (Wildman–Crippen LogP) is 1.80. The van der Waals surface area contributed by atoms with Crippen molar-refractivity contribution in [3.8, 4) is 5.75 Å². The summed E-state index contributed by atoms with van der Waals surface area (Å²) < 4.78 is 31.7. The molecule has 0 bridgehead atoms. The minimum absolute atomic E-state index is 0.134. The molecule has 1 aromatic rings. The fourth-order valence-corrected chi connectivity index (χ4v) is 3.05. The van der Waals surface area contributed by atoms with Gasteiger partial charge in [0.25, 0.3) is 0 Å². The first-order chi connectivity index (χ1) is 10.2. The highest BCUT2D eigenvalue weighted by Gasteiger charge is 2.20. The summed E-state index contributed by atoms with van der Waals surface area (Å²) in [6, 6.07) is 6.20. The highest BCUT2D eigenvalue weighted by molar-refractivity contribution is 7.89. The van der Waals surface area contributed by atoms with Crippen LogP contribution in [-0.2, 0) is 10.0 Å². The van der Waals surface area contributed by atoms with Gasteiger partial charge in [0, 0.05) is 18.2 Å². The lowest BCUT2D eigenvalue weighted by Gasteiger charge is -2.24. The molecular weight excluding hydrogens is 308 g/mol. The fourth-order valence-electron chi connectivity index (χ4n) is 1.94. The number of methoxy groups -OCH3 is 1. The van der Waals surface area contributed by atoms with Gasteiger partial charge in [-0.05, 0) is 38.8 Å². The summed E-state index contributed by atoms with van der Waals surface area (Å²) in [4.78, 5) is 10.8. The molecule has 1 aromatic carbocycles. The molecule has 0 saturated carbocycles. The summed E-state index contributed by atoms with van der Waals surface area (Å²) in [5.74, 6) is 0.467. The van der Waals surface area contributed by atoms with Crippen molar-refractivity contribution < 1.29 is 23.1 Å². The van der Waals surface area contributed by atoms with E-state index >= 15 is 0 Å². The first-order valence-electron chi connectivity index (χ1n) is 6.81. The summed E-state index contributed by atoms with van der Waals surface area (Å²) in [5, 5.41) is 11.1. The standard InChI is InChI=1S/C14H22N2O5S/c1-14(2,16-13(17)18)8-5-9-15-22(19,20)12-7-4-6-11(10-12)21-3/h4,6-7,10,15-16H,5,8-9H2,1-3H3,(H,17,18). The average molecular weight is 330 g/mol. The van der Waals surface area contributed by atoms with Crippen LogP contribution in [0.15, 0.2) is 29.2 Å². The van der Waals surface area contributed by atoms with Crippen molar-refractivity contribution in [2.45, 2.75) is 37.1 Å². The zero-order valence-corrected chi connectivity index (χ0v) is 13.7. The summed E-state index contributed by atoms with van der Waals surface area (Å²) in [6.45, 7) is 3.72. The molecule has 22 heavy (non-hydrogen) atoms. The smallest absolute Gasteiger partial charge is 0.405 e. The molecule has 0 aliphatic carbocycles. The van der Waals surface area contributed by atoms with Gasteiger partial charge in [0.2, 0.25) is 10.0 Å². The van der Waals surface area contributed by atoms with Gasteiger partial charge in [0.15, 0.2) is 0 Å². The Bertz CT molecular complexity index is 613. The molecule has 1 rings (SSSR count). The molecular formula is C14H22N2O5S. The molecule has 0 fully saturated rings. The van der Waals surface area contributed by atoms with Gasteiger partial charge in [-0.1, -0.05) is 6.07 Å². The van der Waals surface area contributed by atoms with Gasteiger partial charge in [0.1, 0.15) is 5.75 Å². The van der Waals surface area contributed by atoms with Crippen LogP contribution >= 0.6 is 0 Å². The first-order valence-corrected chi connectivity index (χ1v) is 8.29. The zero-order chi connectivity index (χ0) is 16.8. The summed E-state index contributed by atoms with van der Waals surface area (Å²) in [5.41, 5.74) is -0.604. The van der Waals surface area contributed by atoms with Crippen molar-refractivity contribution in [3.05, 3.63) is 24.3 Å². The van der Waals surface area contributed by atoms with Crippen molar-refractivity contribution in [1.82, 2.24) is 10.0 Å². The monoisotopic (exact) mass is 330 g/mol. The lowest BCUT2D eigenvalue weighted by molar-refractivity contribution is 0.180. The fraction of sp³-hybridized carbons (Fsp3) is 0.500. The third kappa shape index (κ3) is 5.90. The van der Waals surface area contributed by atoms with Crippen LogP contribution in [0.3, 0.4) is 0 Å². The van der Waals surface area contributed by atoms with E-state index in [9.17, 15) is 13.2 Å². The Hall–Kier alpha value is -1.80. The molecule has 0 heterocycles. The number of rotatable bonds is 8. The van der Waals surface area contributed by atoms with E-state index in [-0.39, 0.29) is 11.4 Å². The molecule has 3 N–H and O–H groups in total. The highest BCUT2D eigenvalue weighted by atomic mass is 32.2. The lowest BCUT2D eigenvalue weighted by atomic mass is 9.99. The van der Waals surface area contributed by atoms with Crippen LogP contribution < -0.4 is 14.8 Å². The number of benzene rings is 1. The second-order valence-electron chi connectivity index (χ2n) is 5.49. The molecule has 0 aliphatic heterocycles. The number of carboxylic acid groups (broad SMARTS) is 1. The molecule has 0 saturated heterocycles. The maximum Gasteiger partial charge on any atom is 0.405 e. The van der Waals surface area contributed by atoms with E-state index in [2.05, 4.69) is 10.0 Å². The third-order valence-corrected chi connectivity index (χ3v) is 4.53. The number of ether oxygens (including phenoxy) is 1. The van der Waals surface area contributed by atoms with Crippen LogP contribution in [0.4, 0.5) is 4.79 Å². The van der Waals surface area contributed by atoms with Crippen LogP contribution in [0.2, 0.25) is 0 Å². The Morgan fingerprint density at radius 3 is 2.64 bits per heavy atom. The molecule has 0 aromatic heterocycles. The van der Waals surface area contributed by atoms with Crippen LogP contribution in [-0.4, -0.2) is 38.8 Å². The number of hydrogen-bond donors (Lipinski definition) is 3. The van der Waals surface area contributed by atoms with Crippen LogP contribution in [0, 0.1) is 0 Å². The van der Waals surface area contributed by atoms with Gasteiger partial charge in [-0.3, -0.25) is 0 Å². The first kappa shape index (κ1) is 18.2. The number of nitrogens with one attached hydrogen (secondary N) is 2. The van der Waals surface area contributed by atoms with Crippen molar-refractivity contribution in [2.75, 3.05) is 13.7 Å². The Kier molecular flexibility index (Phi) is 6.19. The van der Waals surface area contributed by atoms with Crippen molar-refractivity contribution in [3.63, 3.8) is 0 Å². The number of carbonyl (C=O) groups is 1. The SMILES string of the molecule is COc1cccc(S(=O)(=O)NCCCC(C)(C)NC(=O)O)c1. The van der Waals surface area contributed by atoms with E-state index in [1.165, 1.54) is 19.2 Å². The predicted molar refractivity (Wildman–Crippen MR) is 82.7 cm³/mol. The second-order valence-corrected chi connectivity index (χ2v) is 7.26. The van der Waals surface area contributed by atoms with E-state index < -0.39 is 21.7 Å². The molecule has 0 radical (unpaired) electrons. The van der Waals surface area contributed by atoms with Crippen LogP contribution in [0.5, 0.6) is 5.75 Å². The molecule has 124 valence electrons. The van der Waals surface area contributed by atoms with Crippen molar-refractivity contribution in [2.24, 2.45) is 0 Å². The van der Waals surface area contributed by atoms with Gasteiger partial charge in [-0.15, -0.1) is 0 Å². The van der Waals surface area contributed by atoms with Gasteiger partial charge in [-0.25, -0.2) is 17.9 Å². The number of hydrogen-bond acceptors (Lipinski definition) is 4. The van der Waals surface area contributed by atoms with E-state index in [1.54, 1.807) is 26.0 Å². The van der Waals surface area contributed by atoms with Crippen molar-refractivity contribution >= 4 is 16.1 Å². The Balaban J connectivity index is 2.54. The molecule has 8 heteroatoms. The van der Waals surface area contributed by atoms with Gasteiger partial charge >= 0.3 is 6.09 Å². The van der Waals surface area contributed by atoms with Crippen LogP contribution in [0.25, 0.3) is 0 Å². The molecule has 0 atom stereocenters. The molecule has 0 spiro atoms. The Labute approximate surface area is 130 Å². The maximum atomic E-state index is 12.1. The zero-order valence-electron chi connectivity index (χ0n) is 12.9. The summed E-state index contributed by atoms with van der Waals surface area (Å²) in [7, 11) is -2.13. The molecule has 0 unspecified atom stereocenters. The topological polar surface area (TPSA) is 105 Å². The number of amides is 1. The van der Waals surface area contributed by atoms with E-state index in [1.807, 2.05) is 0 Å². The van der Waals surface area contributed by atoms with Crippen molar-refractivity contribution in [1.29, 1.82) is 0 Å². The minimum Gasteiger partial charge on any atom is -0.497 e. The lowest BCUT2D eigenvalue weighted by Crippen LogP contribution is -2.43. The number of sulfonamides is 1. The second kappa shape index (κ2) is 7.46. The highest BCUT2D eigenvalue weighted by Crippen LogP contribution is 2.17. The minimum atomic E-state index is -3.60. The normalized spacial score (nSPS) is 12.0. The van der Waals surface area contributed by atoms with Gasteiger partial charge in [0.05, 0.1) is 12.0 Å². The Morgan fingerprint density at radius 2 is 2.05 bits per heavy atom.